The average molecular weight is 276 g/mol. The van der Waals surface area contributed by atoms with Gasteiger partial charge in [-0.2, -0.15) is 0 Å². The summed E-state index contributed by atoms with van der Waals surface area (Å²) in [5.74, 6) is 1.40. The summed E-state index contributed by atoms with van der Waals surface area (Å²) >= 11 is 0. The minimum atomic E-state index is 0.129. The van der Waals surface area contributed by atoms with Crippen LogP contribution in [0, 0.1) is 5.92 Å². The Bertz CT molecular complexity index is 462. The van der Waals surface area contributed by atoms with E-state index in [1.807, 2.05) is 29.2 Å². The minimum absolute atomic E-state index is 0.129. The van der Waals surface area contributed by atoms with Crippen molar-refractivity contribution in [3.8, 4) is 5.75 Å². The molecule has 4 nitrogen and oxygen atoms in total. The van der Waals surface area contributed by atoms with Gasteiger partial charge in [-0.05, 0) is 30.0 Å². The van der Waals surface area contributed by atoms with E-state index in [0.29, 0.717) is 18.9 Å². The van der Waals surface area contributed by atoms with Gasteiger partial charge in [-0.1, -0.05) is 25.5 Å². The molecule has 1 saturated heterocycles. The van der Waals surface area contributed by atoms with Gasteiger partial charge in [-0.25, -0.2) is 0 Å². The van der Waals surface area contributed by atoms with Crippen molar-refractivity contribution in [1.82, 2.24) is 4.90 Å². The summed E-state index contributed by atoms with van der Waals surface area (Å²) in [7, 11) is 1.63. The molecule has 20 heavy (non-hydrogen) atoms. The highest BCUT2D eigenvalue weighted by molar-refractivity contribution is 5.79. The lowest BCUT2D eigenvalue weighted by Crippen LogP contribution is -2.33. The number of nitrogens with two attached hydrogens (primary N) is 1. The second-order valence-electron chi connectivity index (χ2n) is 5.54. The van der Waals surface area contributed by atoms with Crippen LogP contribution in [0.25, 0.3) is 0 Å². The van der Waals surface area contributed by atoms with Gasteiger partial charge in [0.05, 0.1) is 13.5 Å². The number of nitrogens with zero attached hydrogens (tertiary/aromatic N) is 1. The first-order chi connectivity index (χ1) is 9.63. The van der Waals surface area contributed by atoms with Crippen molar-refractivity contribution < 1.29 is 9.53 Å². The van der Waals surface area contributed by atoms with Gasteiger partial charge in [-0.15, -0.1) is 0 Å². The fourth-order valence-corrected chi connectivity index (χ4v) is 2.85. The molecule has 2 atom stereocenters. The Labute approximate surface area is 120 Å². The number of methoxy groups -OCH3 is 1. The molecular weight excluding hydrogens is 252 g/mol. The summed E-state index contributed by atoms with van der Waals surface area (Å²) in [6, 6.07) is 7.80. The molecule has 0 saturated carbocycles. The van der Waals surface area contributed by atoms with Gasteiger partial charge in [0.1, 0.15) is 5.75 Å². The van der Waals surface area contributed by atoms with E-state index < -0.39 is 0 Å². The Kier molecular flexibility index (Phi) is 5.01. The van der Waals surface area contributed by atoms with E-state index in [0.717, 1.165) is 30.7 Å². The van der Waals surface area contributed by atoms with Crippen LogP contribution in [-0.2, 0) is 11.2 Å². The first-order valence-corrected chi connectivity index (χ1v) is 7.30. The maximum atomic E-state index is 12.3. The number of amides is 1. The van der Waals surface area contributed by atoms with Crippen molar-refractivity contribution in [2.24, 2.45) is 11.7 Å². The van der Waals surface area contributed by atoms with Crippen LogP contribution in [0.15, 0.2) is 24.3 Å². The molecular formula is C16H24N2O2. The number of rotatable bonds is 5. The van der Waals surface area contributed by atoms with E-state index in [4.69, 9.17) is 10.5 Å². The summed E-state index contributed by atoms with van der Waals surface area (Å²) < 4.78 is 5.18. The maximum absolute atomic E-state index is 12.3. The topological polar surface area (TPSA) is 55.6 Å². The van der Waals surface area contributed by atoms with Gasteiger partial charge >= 0.3 is 0 Å². The van der Waals surface area contributed by atoms with Gasteiger partial charge < -0.3 is 15.4 Å². The number of likely N-dealkylation sites (tertiary alicyclic amines) is 1. The van der Waals surface area contributed by atoms with Crippen molar-refractivity contribution in [3.05, 3.63) is 29.8 Å². The zero-order chi connectivity index (χ0) is 14.5. The van der Waals surface area contributed by atoms with E-state index >= 15 is 0 Å². The van der Waals surface area contributed by atoms with E-state index in [1.54, 1.807) is 7.11 Å². The second-order valence-corrected chi connectivity index (χ2v) is 5.54. The van der Waals surface area contributed by atoms with Crippen molar-refractivity contribution in [3.63, 3.8) is 0 Å². The van der Waals surface area contributed by atoms with Crippen molar-refractivity contribution in [2.45, 2.75) is 32.2 Å². The molecule has 4 heteroatoms. The van der Waals surface area contributed by atoms with E-state index in [9.17, 15) is 4.79 Å². The molecule has 1 aromatic carbocycles. The Hall–Kier alpha value is -1.55. The lowest BCUT2D eigenvalue weighted by Gasteiger charge is -2.16. The summed E-state index contributed by atoms with van der Waals surface area (Å²) in [6.45, 7) is 3.65. The average Bonchev–Trinajstić information content (AvgIpc) is 2.81. The highest BCUT2D eigenvalue weighted by Crippen LogP contribution is 2.21. The Morgan fingerprint density at radius 1 is 1.45 bits per heavy atom. The summed E-state index contributed by atoms with van der Waals surface area (Å²) in [5, 5.41) is 0. The van der Waals surface area contributed by atoms with Gasteiger partial charge in [0.15, 0.2) is 0 Å². The molecule has 110 valence electrons. The van der Waals surface area contributed by atoms with Crippen LogP contribution >= 0.6 is 0 Å². The molecule has 1 aliphatic rings. The molecule has 0 spiro atoms. The van der Waals surface area contributed by atoms with E-state index in [1.165, 1.54) is 0 Å². The highest BCUT2D eigenvalue weighted by Gasteiger charge is 2.31. The summed E-state index contributed by atoms with van der Waals surface area (Å²) in [4.78, 5) is 14.2. The first-order valence-electron chi connectivity index (χ1n) is 7.30. The molecule has 1 aromatic rings. The molecule has 1 aliphatic heterocycles. The van der Waals surface area contributed by atoms with E-state index in [2.05, 4.69) is 6.92 Å². The molecule has 0 aliphatic carbocycles. The van der Waals surface area contributed by atoms with Crippen molar-refractivity contribution in [2.75, 3.05) is 20.2 Å². The Morgan fingerprint density at radius 3 is 2.95 bits per heavy atom. The summed E-state index contributed by atoms with van der Waals surface area (Å²) in [6.07, 6.45) is 2.64. The van der Waals surface area contributed by atoms with Gasteiger partial charge in [0.2, 0.25) is 5.91 Å². The first kappa shape index (κ1) is 14.9. The standard InChI is InChI=1S/C16H24N2O2/c1-3-5-13-10-18(11-15(13)17)16(19)9-12-6-4-7-14(8-12)20-2/h4,6-8,13,15H,3,5,9-11,17H2,1-2H3/t13-,15-/m0/s1. The predicted octanol–water partition coefficient (Wildman–Crippen LogP) is 1.82. The zero-order valence-electron chi connectivity index (χ0n) is 12.3. The van der Waals surface area contributed by atoms with Crippen molar-refractivity contribution >= 4 is 5.91 Å². The molecule has 1 heterocycles. The second kappa shape index (κ2) is 6.75. The van der Waals surface area contributed by atoms with Crippen LogP contribution in [0.2, 0.25) is 0 Å². The van der Waals surface area contributed by atoms with Crippen LogP contribution in [0.4, 0.5) is 0 Å². The molecule has 2 N–H and O–H groups in total. The predicted molar refractivity (Wildman–Crippen MR) is 79.7 cm³/mol. The third-order valence-electron chi connectivity index (χ3n) is 3.99. The summed E-state index contributed by atoms with van der Waals surface area (Å²) in [5.41, 5.74) is 7.11. The molecule has 1 amide bonds. The fourth-order valence-electron chi connectivity index (χ4n) is 2.85. The molecule has 0 unspecified atom stereocenters. The SMILES string of the molecule is CCC[C@H]1CN(C(=O)Cc2cccc(OC)c2)C[C@@H]1N. The lowest BCUT2D eigenvalue weighted by molar-refractivity contribution is -0.129. The fraction of sp³-hybridized carbons (Fsp3) is 0.562. The Morgan fingerprint density at radius 2 is 2.25 bits per heavy atom. The molecule has 1 fully saturated rings. The number of carbonyl (C=O) groups excluding carboxylic acids is 1. The van der Waals surface area contributed by atoms with Crippen LogP contribution in [0.1, 0.15) is 25.3 Å². The van der Waals surface area contributed by atoms with Crippen LogP contribution in [0.3, 0.4) is 0 Å². The molecule has 2 rings (SSSR count). The third kappa shape index (κ3) is 3.51. The van der Waals surface area contributed by atoms with Gasteiger partial charge in [0, 0.05) is 19.1 Å². The number of carbonyl (C=O) groups is 1. The third-order valence-corrected chi connectivity index (χ3v) is 3.99. The molecule has 0 radical (unpaired) electrons. The smallest absolute Gasteiger partial charge is 0.227 e. The molecule has 0 bridgehead atoms. The highest BCUT2D eigenvalue weighted by atomic mass is 16.5. The monoisotopic (exact) mass is 276 g/mol. The zero-order valence-corrected chi connectivity index (χ0v) is 12.3. The van der Waals surface area contributed by atoms with Gasteiger partial charge in [0.25, 0.3) is 0 Å². The minimum Gasteiger partial charge on any atom is -0.497 e. The normalized spacial score (nSPS) is 22.1. The Balaban J connectivity index is 1.95. The largest absolute Gasteiger partial charge is 0.497 e. The number of benzene rings is 1. The maximum Gasteiger partial charge on any atom is 0.227 e. The number of hydrogen-bond acceptors (Lipinski definition) is 3. The van der Waals surface area contributed by atoms with Crippen LogP contribution in [0.5, 0.6) is 5.75 Å². The van der Waals surface area contributed by atoms with E-state index in [-0.39, 0.29) is 11.9 Å². The van der Waals surface area contributed by atoms with Crippen molar-refractivity contribution in [1.29, 1.82) is 0 Å². The van der Waals surface area contributed by atoms with Crippen LogP contribution < -0.4 is 10.5 Å². The van der Waals surface area contributed by atoms with Gasteiger partial charge in [-0.3, -0.25) is 4.79 Å². The number of hydrogen-bond donors (Lipinski definition) is 1. The molecule has 0 aromatic heterocycles. The quantitative estimate of drug-likeness (QED) is 0.892. The number of ether oxygens (including phenoxy) is 1. The lowest BCUT2D eigenvalue weighted by atomic mass is 9.99. The van der Waals surface area contributed by atoms with Crippen LogP contribution in [-0.4, -0.2) is 37.0 Å².